The van der Waals surface area contributed by atoms with Crippen LogP contribution in [0.15, 0.2) is 48.9 Å². The van der Waals surface area contributed by atoms with E-state index in [9.17, 15) is 0 Å². The zero-order valence-electron chi connectivity index (χ0n) is 11.1. The van der Waals surface area contributed by atoms with Gasteiger partial charge in [0.05, 0.1) is 15.8 Å². The van der Waals surface area contributed by atoms with Crippen molar-refractivity contribution in [1.29, 1.82) is 0 Å². The Morgan fingerprint density at radius 1 is 1.30 bits per heavy atom. The van der Waals surface area contributed by atoms with Crippen LogP contribution in [-0.4, -0.2) is 14.6 Å². The van der Waals surface area contributed by atoms with Crippen molar-refractivity contribution in [2.24, 2.45) is 0 Å². The van der Waals surface area contributed by atoms with Gasteiger partial charge in [0.1, 0.15) is 5.52 Å². The lowest BCUT2D eigenvalue weighted by Gasteiger charge is -2.18. The van der Waals surface area contributed by atoms with Crippen LogP contribution in [0.25, 0.3) is 5.52 Å². The molecule has 0 saturated heterocycles. The lowest BCUT2D eigenvalue weighted by atomic mass is 10.0. The molecule has 2 heterocycles. The highest BCUT2D eigenvalue weighted by atomic mass is 127. The number of nitrogens with one attached hydrogen (secondary N) is 1. The van der Waals surface area contributed by atoms with Crippen LogP contribution >= 0.6 is 22.6 Å². The maximum Gasteiger partial charge on any atom is 0.153 e. The highest BCUT2D eigenvalue weighted by Crippen LogP contribution is 2.26. The van der Waals surface area contributed by atoms with E-state index in [0.717, 1.165) is 21.3 Å². The van der Waals surface area contributed by atoms with Gasteiger partial charge in [0.15, 0.2) is 5.82 Å². The summed E-state index contributed by atoms with van der Waals surface area (Å²) in [5, 5.41) is 7.85. The molecule has 0 spiro atoms. The first kappa shape index (κ1) is 13.4. The molecule has 1 atom stereocenters. The summed E-state index contributed by atoms with van der Waals surface area (Å²) in [6.45, 7) is 2.17. The monoisotopic (exact) mass is 378 g/mol. The number of aromatic nitrogens is 3. The van der Waals surface area contributed by atoms with E-state index >= 15 is 0 Å². The molecule has 1 unspecified atom stereocenters. The molecule has 0 fully saturated rings. The van der Waals surface area contributed by atoms with E-state index in [1.165, 1.54) is 5.56 Å². The quantitative estimate of drug-likeness (QED) is 0.701. The smallest absolute Gasteiger partial charge is 0.153 e. The van der Waals surface area contributed by atoms with E-state index in [-0.39, 0.29) is 6.04 Å². The number of anilines is 1. The summed E-state index contributed by atoms with van der Waals surface area (Å²) in [5.41, 5.74) is 2.30. The molecule has 1 aromatic carbocycles. The van der Waals surface area contributed by atoms with Crippen LogP contribution in [0, 0.1) is 3.57 Å². The molecule has 0 saturated carbocycles. The number of rotatable bonds is 4. The van der Waals surface area contributed by atoms with Gasteiger partial charge in [0, 0.05) is 12.4 Å². The third-order valence-electron chi connectivity index (χ3n) is 3.31. The number of hydrogen-bond acceptors (Lipinski definition) is 3. The van der Waals surface area contributed by atoms with E-state index < -0.39 is 0 Å². The Kier molecular flexibility index (Phi) is 3.86. The van der Waals surface area contributed by atoms with Crippen molar-refractivity contribution in [3.05, 3.63) is 58.1 Å². The Morgan fingerprint density at radius 3 is 2.85 bits per heavy atom. The van der Waals surface area contributed by atoms with Crippen molar-refractivity contribution >= 4 is 33.9 Å². The summed E-state index contributed by atoms with van der Waals surface area (Å²) in [4.78, 5) is 4.48. The molecule has 0 aliphatic heterocycles. The molecule has 4 nitrogen and oxygen atoms in total. The minimum Gasteiger partial charge on any atom is -0.361 e. The summed E-state index contributed by atoms with van der Waals surface area (Å²) < 4.78 is 2.95. The molecule has 5 heteroatoms. The molecule has 0 bridgehead atoms. The minimum absolute atomic E-state index is 0.251. The number of hydrogen-bond donors (Lipinski definition) is 1. The van der Waals surface area contributed by atoms with Gasteiger partial charge in [-0.1, -0.05) is 37.3 Å². The van der Waals surface area contributed by atoms with Crippen molar-refractivity contribution < 1.29 is 0 Å². The number of fused-ring (bicyclic) bond motifs is 1. The SMILES string of the molecule is CCC(Nc1nccn2ncc(I)c12)c1ccccc1. The first-order valence-corrected chi connectivity index (χ1v) is 7.66. The molecule has 3 rings (SSSR count). The molecule has 102 valence electrons. The van der Waals surface area contributed by atoms with Gasteiger partial charge in [-0.05, 0) is 34.6 Å². The predicted molar refractivity (Wildman–Crippen MR) is 88.8 cm³/mol. The third kappa shape index (κ3) is 2.49. The molecule has 2 aromatic heterocycles. The van der Waals surface area contributed by atoms with Gasteiger partial charge >= 0.3 is 0 Å². The molecule has 20 heavy (non-hydrogen) atoms. The van der Waals surface area contributed by atoms with Crippen molar-refractivity contribution in [3.8, 4) is 0 Å². The van der Waals surface area contributed by atoms with Crippen LogP contribution in [0.1, 0.15) is 24.9 Å². The topological polar surface area (TPSA) is 42.2 Å². The molecular weight excluding hydrogens is 363 g/mol. The van der Waals surface area contributed by atoms with Crippen molar-refractivity contribution in [3.63, 3.8) is 0 Å². The highest BCUT2D eigenvalue weighted by molar-refractivity contribution is 14.1. The Hall–Kier alpha value is -1.63. The maximum absolute atomic E-state index is 4.48. The van der Waals surface area contributed by atoms with Crippen LogP contribution in [0.2, 0.25) is 0 Å². The second-order valence-electron chi connectivity index (χ2n) is 4.58. The summed E-state index contributed by atoms with van der Waals surface area (Å²) >= 11 is 2.29. The molecule has 0 aliphatic rings. The maximum atomic E-state index is 4.48. The third-order valence-corrected chi connectivity index (χ3v) is 4.10. The lowest BCUT2D eigenvalue weighted by molar-refractivity contribution is 0.744. The minimum atomic E-state index is 0.251. The fraction of sp³-hybridized carbons (Fsp3) is 0.200. The van der Waals surface area contributed by atoms with Crippen LogP contribution in [0.4, 0.5) is 5.82 Å². The van der Waals surface area contributed by atoms with Gasteiger partial charge in [-0.25, -0.2) is 9.50 Å². The first-order chi connectivity index (χ1) is 9.79. The van der Waals surface area contributed by atoms with Crippen LogP contribution in [-0.2, 0) is 0 Å². The summed E-state index contributed by atoms with van der Waals surface area (Å²) in [6.07, 6.45) is 6.49. The fourth-order valence-corrected chi connectivity index (χ4v) is 2.91. The molecule has 3 aromatic rings. The fourth-order valence-electron chi connectivity index (χ4n) is 2.29. The Bertz CT molecular complexity index is 708. The van der Waals surface area contributed by atoms with Gasteiger partial charge in [0.25, 0.3) is 0 Å². The Balaban J connectivity index is 1.98. The van der Waals surface area contributed by atoms with E-state index in [4.69, 9.17) is 0 Å². The van der Waals surface area contributed by atoms with Crippen LogP contribution in [0.5, 0.6) is 0 Å². The molecular formula is C15H15IN4. The molecule has 0 aliphatic carbocycles. The second-order valence-corrected chi connectivity index (χ2v) is 5.74. The van der Waals surface area contributed by atoms with Gasteiger partial charge in [-0.15, -0.1) is 0 Å². The van der Waals surface area contributed by atoms with Crippen molar-refractivity contribution in [2.75, 3.05) is 5.32 Å². The summed E-state index contributed by atoms with van der Waals surface area (Å²) in [7, 11) is 0. The number of nitrogens with zero attached hydrogens (tertiary/aromatic N) is 3. The molecule has 0 amide bonds. The van der Waals surface area contributed by atoms with Gasteiger partial charge in [-0.3, -0.25) is 0 Å². The van der Waals surface area contributed by atoms with E-state index in [1.807, 2.05) is 23.0 Å². The van der Waals surface area contributed by atoms with Crippen molar-refractivity contribution in [1.82, 2.24) is 14.6 Å². The largest absolute Gasteiger partial charge is 0.361 e. The van der Waals surface area contributed by atoms with Gasteiger partial charge < -0.3 is 5.32 Å². The van der Waals surface area contributed by atoms with E-state index in [0.29, 0.717) is 0 Å². The number of benzene rings is 1. The van der Waals surface area contributed by atoms with E-state index in [1.54, 1.807) is 6.20 Å². The highest BCUT2D eigenvalue weighted by Gasteiger charge is 2.13. The van der Waals surface area contributed by atoms with Crippen LogP contribution in [0.3, 0.4) is 0 Å². The molecule has 1 N–H and O–H groups in total. The predicted octanol–water partition coefficient (Wildman–Crippen LogP) is 3.90. The normalized spacial score (nSPS) is 12.5. The summed E-state index contributed by atoms with van der Waals surface area (Å²) in [6, 6.07) is 10.7. The zero-order chi connectivity index (χ0) is 13.9. The van der Waals surface area contributed by atoms with Crippen LogP contribution < -0.4 is 5.32 Å². The standard InChI is InChI=1S/C15H15IN4/c1-2-13(11-6-4-3-5-7-11)19-15-14-12(16)10-18-20(14)9-8-17-15/h3-10,13H,2H2,1H3,(H,17,19). The summed E-state index contributed by atoms with van der Waals surface area (Å²) in [5.74, 6) is 0.880. The van der Waals surface area contributed by atoms with Gasteiger partial charge in [0.2, 0.25) is 0 Å². The molecule has 0 radical (unpaired) electrons. The Labute approximate surface area is 131 Å². The average molecular weight is 378 g/mol. The zero-order valence-corrected chi connectivity index (χ0v) is 13.3. The van der Waals surface area contributed by atoms with E-state index in [2.05, 4.69) is 69.2 Å². The second kappa shape index (κ2) is 5.78. The lowest BCUT2D eigenvalue weighted by Crippen LogP contribution is -2.11. The Morgan fingerprint density at radius 2 is 2.10 bits per heavy atom. The van der Waals surface area contributed by atoms with Gasteiger partial charge in [-0.2, -0.15) is 5.10 Å². The first-order valence-electron chi connectivity index (χ1n) is 6.59. The number of halogens is 1. The van der Waals surface area contributed by atoms with Crippen molar-refractivity contribution in [2.45, 2.75) is 19.4 Å². The average Bonchev–Trinajstić information content (AvgIpc) is 2.88.